The molecule has 0 spiro atoms. The number of fused-ring (bicyclic) bond motifs is 1. The second-order valence-electron chi connectivity index (χ2n) is 3.60. The van der Waals surface area contributed by atoms with Crippen LogP contribution in [0.4, 0.5) is 0 Å². The largest absolute Gasteiger partial charge is 0.328 e. The first-order valence-electron chi connectivity index (χ1n) is 4.98. The molecule has 2 heterocycles. The average molecular weight is 202 g/mol. The lowest BCUT2D eigenvalue weighted by molar-refractivity contribution is 0.759. The molecule has 2 aromatic heterocycles. The summed E-state index contributed by atoms with van der Waals surface area (Å²) in [6.45, 7) is 1.98. The molecule has 0 aliphatic rings. The number of nitrogens with zero attached hydrogens (tertiary/aromatic N) is 3. The average Bonchev–Trinajstić information content (AvgIpc) is 2.62. The van der Waals surface area contributed by atoms with Gasteiger partial charge in [-0.3, -0.25) is 0 Å². The van der Waals surface area contributed by atoms with Crippen LogP contribution in [-0.4, -0.2) is 20.6 Å². The minimum atomic E-state index is 0.191. The van der Waals surface area contributed by atoms with Crippen LogP contribution in [0.25, 0.3) is 11.7 Å². The molecule has 0 aliphatic heterocycles. The van der Waals surface area contributed by atoms with E-state index in [0.29, 0.717) is 0 Å². The number of hydrogen-bond donors (Lipinski definition) is 1. The van der Waals surface area contributed by atoms with E-state index >= 15 is 0 Å². The third kappa shape index (κ3) is 2.22. The van der Waals surface area contributed by atoms with Gasteiger partial charge in [0.2, 0.25) is 0 Å². The van der Waals surface area contributed by atoms with Crippen molar-refractivity contribution >= 4 is 11.7 Å². The van der Waals surface area contributed by atoms with Crippen LogP contribution in [0.2, 0.25) is 0 Å². The molecule has 78 valence electrons. The first-order chi connectivity index (χ1) is 7.27. The zero-order chi connectivity index (χ0) is 10.7. The van der Waals surface area contributed by atoms with Gasteiger partial charge in [0.1, 0.15) is 0 Å². The molecule has 0 saturated heterocycles. The van der Waals surface area contributed by atoms with Crippen LogP contribution in [-0.2, 0) is 0 Å². The van der Waals surface area contributed by atoms with E-state index in [9.17, 15) is 0 Å². The van der Waals surface area contributed by atoms with Crippen LogP contribution in [0.5, 0.6) is 0 Å². The van der Waals surface area contributed by atoms with E-state index in [4.69, 9.17) is 5.73 Å². The molecule has 0 aromatic carbocycles. The molecule has 0 fully saturated rings. The van der Waals surface area contributed by atoms with Gasteiger partial charge in [-0.15, -0.1) is 0 Å². The zero-order valence-corrected chi connectivity index (χ0v) is 8.67. The first-order valence-corrected chi connectivity index (χ1v) is 4.98. The van der Waals surface area contributed by atoms with Gasteiger partial charge in [0.05, 0.1) is 6.20 Å². The lowest BCUT2D eigenvalue weighted by atomic mass is 10.2. The lowest BCUT2D eigenvalue weighted by Crippen LogP contribution is -2.12. The molecule has 2 rings (SSSR count). The van der Waals surface area contributed by atoms with Gasteiger partial charge in [-0.25, -0.2) is 9.50 Å². The Bertz CT molecular complexity index is 470. The van der Waals surface area contributed by atoms with Gasteiger partial charge in [-0.2, -0.15) is 5.10 Å². The van der Waals surface area contributed by atoms with E-state index in [-0.39, 0.29) is 6.04 Å². The van der Waals surface area contributed by atoms with Gasteiger partial charge >= 0.3 is 0 Å². The Morgan fingerprint density at radius 1 is 1.60 bits per heavy atom. The number of nitrogens with two attached hydrogens (primary N) is 1. The Morgan fingerprint density at radius 3 is 3.27 bits per heavy atom. The molecule has 0 aliphatic carbocycles. The maximum atomic E-state index is 5.66. The second-order valence-corrected chi connectivity index (χ2v) is 3.60. The maximum absolute atomic E-state index is 5.66. The fourth-order valence-electron chi connectivity index (χ4n) is 1.37. The molecule has 15 heavy (non-hydrogen) atoms. The molecule has 2 aromatic rings. The highest BCUT2D eigenvalue weighted by molar-refractivity contribution is 5.64. The highest BCUT2D eigenvalue weighted by Gasteiger charge is 1.99. The predicted octanol–water partition coefficient (Wildman–Crippen LogP) is 1.48. The highest BCUT2D eigenvalue weighted by Crippen LogP contribution is 2.09. The Kier molecular flexibility index (Phi) is 2.78. The molecular formula is C11H14N4. The molecule has 0 unspecified atom stereocenters. The minimum absolute atomic E-state index is 0.191. The molecule has 4 nitrogen and oxygen atoms in total. The molecule has 4 heteroatoms. The molecule has 0 saturated carbocycles. The van der Waals surface area contributed by atoms with Crippen molar-refractivity contribution in [2.45, 2.75) is 19.4 Å². The van der Waals surface area contributed by atoms with Gasteiger partial charge in [-0.05, 0) is 19.4 Å². The summed E-state index contributed by atoms with van der Waals surface area (Å²) < 4.78 is 1.76. The van der Waals surface area contributed by atoms with Gasteiger partial charge < -0.3 is 5.73 Å². The maximum Gasteiger partial charge on any atom is 0.162 e. The van der Waals surface area contributed by atoms with E-state index in [1.165, 1.54) is 0 Å². The van der Waals surface area contributed by atoms with Crippen molar-refractivity contribution in [2.24, 2.45) is 5.73 Å². The number of rotatable bonds is 3. The van der Waals surface area contributed by atoms with Crippen LogP contribution in [0.3, 0.4) is 0 Å². The molecule has 0 radical (unpaired) electrons. The van der Waals surface area contributed by atoms with Crippen LogP contribution in [0.1, 0.15) is 18.9 Å². The molecule has 1 atom stereocenters. The minimum Gasteiger partial charge on any atom is -0.328 e. The monoisotopic (exact) mass is 202 g/mol. The molecule has 0 bridgehead atoms. The quantitative estimate of drug-likeness (QED) is 0.820. The second kappa shape index (κ2) is 4.23. The van der Waals surface area contributed by atoms with E-state index in [1.54, 1.807) is 16.9 Å². The van der Waals surface area contributed by atoms with Crippen LogP contribution >= 0.6 is 0 Å². The molecular weight excluding hydrogens is 188 g/mol. The van der Waals surface area contributed by atoms with Gasteiger partial charge in [0.15, 0.2) is 5.65 Å². The van der Waals surface area contributed by atoms with Crippen molar-refractivity contribution in [3.05, 3.63) is 36.3 Å². The summed E-state index contributed by atoms with van der Waals surface area (Å²) in [5, 5.41) is 4.19. The molecule has 0 amide bonds. The van der Waals surface area contributed by atoms with Crippen molar-refractivity contribution in [1.29, 1.82) is 0 Å². The topological polar surface area (TPSA) is 56.2 Å². The SMILES string of the molecule is C[C@H](N)C/C=C/c1cnn2cccnc12. The van der Waals surface area contributed by atoms with Gasteiger partial charge in [0.25, 0.3) is 0 Å². The van der Waals surface area contributed by atoms with Crippen molar-refractivity contribution in [1.82, 2.24) is 14.6 Å². The summed E-state index contributed by atoms with van der Waals surface area (Å²) in [5.41, 5.74) is 7.55. The normalized spacial score (nSPS) is 13.7. The molecule has 2 N–H and O–H groups in total. The lowest BCUT2D eigenvalue weighted by Gasteiger charge is -1.96. The Labute approximate surface area is 88.4 Å². The van der Waals surface area contributed by atoms with Gasteiger partial charge in [0, 0.05) is 24.0 Å². The first kappa shape index (κ1) is 9.86. The van der Waals surface area contributed by atoms with Gasteiger partial charge in [-0.1, -0.05) is 12.2 Å². The summed E-state index contributed by atoms with van der Waals surface area (Å²) in [6, 6.07) is 2.05. The number of aromatic nitrogens is 3. The Morgan fingerprint density at radius 2 is 2.47 bits per heavy atom. The predicted molar refractivity (Wildman–Crippen MR) is 60.3 cm³/mol. The van der Waals surface area contributed by atoms with Crippen LogP contribution < -0.4 is 5.73 Å². The fourth-order valence-corrected chi connectivity index (χ4v) is 1.37. The zero-order valence-electron chi connectivity index (χ0n) is 8.67. The summed E-state index contributed by atoms with van der Waals surface area (Å²) in [7, 11) is 0. The fraction of sp³-hybridized carbons (Fsp3) is 0.273. The summed E-state index contributed by atoms with van der Waals surface area (Å²) in [5.74, 6) is 0. The highest BCUT2D eigenvalue weighted by atomic mass is 15.2. The van der Waals surface area contributed by atoms with Crippen molar-refractivity contribution in [3.63, 3.8) is 0 Å². The Hall–Kier alpha value is -1.68. The summed E-state index contributed by atoms with van der Waals surface area (Å²) in [6.07, 6.45) is 10.4. The summed E-state index contributed by atoms with van der Waals surface area (Å²) >= 11 is 0. The van der Waals surface area contributed by atoms with Crippen molar-refractivity contribution < 1.29 is 0 Å². The van der Waals surface area contributed by atoms with Crippen LogP contribution in [0, 0.1) is 0 Å². The van der Waals surface area contributed by atoms with Crippen molar-refractivity contribution in [2.75, 3.05) is 0 Å². The van der Waals surface area contributed by atoms with E-state index in [0.717, 1.165) is 17.6 Å². The van der Waals surface area contributed by atoms with E-state index < -0.39 is 0 Å². The smallest absolute Gasteiger partial charge is 0.162 e. The summed E-state index contributed by atoms with van der Waals surface area (Å²) in [4.78, 5) is 4.26. The van der Waals surface area contributed by atoms with Crippen LogP contribution in [0.15, 0.2) is 30.7 Å². The van der Waals surface area contributed by atoms with E-state index in [1.807, 2.05) is 25.3 Å². The third-order valence-electron chi connectivity index (χ3n) is 2.11. The van der Waals surface area contributed by atoms with E-state index in [2.05, 4.69) is 16.2 Å². The third-order valence-corrected chi connectivity index (χ3v) is 2.11. The standard InChI is InChI=1S/C11H14N4/c1-9(12)4-2-5-10-8-14-15-7-3-6-13-11(10)15/h2-3,5-9H,4,12H2,1H3/b5-2+/t9-/m0/s1. The Balaban J connectivity index is 2.25. The van der Waals surface area contributed by atoms with Crippen molar-refractivity contribution in [3.8, 4) is 0 Å². The number of hydrogen-bond acceptors (Lipinski definition) is 3.